The molecule has 0 aromatic heterocycles. The number of thiocarbonyl (C=S) groups is 1. The van der Waals surface area contributed by atoms with Gasteiger partial charge in [0.15, 0.2) is 0 Å². The van der Waals surface area contributed by atoms with Crippen molar-refractivity contribution < 1.29 is 9.53 Å². The normalized spacial score (nSPS) is 13.7. The summed E-state index contributed by atoms with van der Waals surface area (Å²) in [7, 11) is 0. The molecule has 2 rings (SSSR count). The molecule has 0 bridgehead atoms. The molecule has 1 heterocycles. The van der Waals surface area contributed by atoms with Crippen LogP contribution in [0.25, 0.3) is 0 Å². The van der Waals surface area contributed by atoms with Gasteiger partial charge in [0, 0.05) is 12.1 Å². The van der Waals surface area contributed by atoms with Crippen molar-refractivity contribution in [3.63, 3.8) is 0 Å². The van der Waals surface area contributed by atoms with Crippen LogP contribution in [0.5, 0.6) is 0 Å². The van der Waals surface area contributed by atoms with E-state index in [1.54, 1.807) is 17.0 Å². The van der Waals surface area contributed by atoms with E-state index in [4.69, 9.17) is 16.3 Å². The van der Waals surface area contributed by atoms with Gasteiger partial charge in [0.25, 0.3) is 0 Å². The molecule has 0 fully saturated rings. The quantitative estimate of drug-likeness (QED) is 0.571. The van der Waals surface area contributed by atoms with E-state index in [0.29, 0.717) is 23.7 Å². The Kier molecular flexibility index (Phi) is 4.14. The highest BCUT2D eigenvalue weighted by molar-refractivity contribution is 7.78. The summed E-state index contributed by atoms with van der Waals surface area (Å²) in [5, 5.41) is 2.83. The Balaban J connectivity index is 2.37. The Hall–Kier alpha value is -1.42. The molecule has 0 spiro atoms. The summed E-state index contributed by atoms with van der Waals surface area (Å²) in [6, 6.07) is 3.51. The molecular weight excluding hydrogens is 296 g/mol. The van der Waals surface area contributed by atoms with E-state index in [-0.39, 0.29) is 6.09 Å². The number of amides is 1. The van der Waals surface area contributed by atoms with Crippen molar-refractivity contribution in [1.29, 1.82) is 0 Å². The number of hydrogen-bond acceptors (Lipinski definition) is 4. The minimum Gasteiger partial charge on any atom is -0.443 e. The fourth-order valence-electron chi connectivity index (χ4n) is 2.11. The number of ether oxygens (including phenoxy) is 1. The van der Waals surface area contributed by atoms with Gasteiger partial charge in [-0.2, -0.15) is 4.99 Å². The Bertz CT molecular complexity index is 604. The molecule has 1 amide bonds. The molecular formula is C14H15ClN2O2S. The van der Waals surface area contributed by atoms with Crippen molar-refractivity contribution in [3.05, 3.63) is 22.7 Å². The standard InChI is InChI=1S/C14H15ClN2O2S/c1-14(2,3)19-13(18)17-7-6-9-11(17)5-4-10(15)12(9)16-8-20/h4-5H,6-7H2,1-3H3. The van der Waals surface area contributed by atoms with Gasteiger partial charge in [-0.3, -0.25) is 4.90 Å². The number of anilines is 1. The smallest absolute Gasteiger partial charge is 0.414 e. The second kappa shape index (κ2) is 5.52. The molecule has 0 saturated heterocycles. The van der Waals surface area contributed by atoms with Crippen LogP contribution in [0.2, 0.25) is 5.02 Å². The average Bonchev–Trinajstić information content (AvgIpc) is 2.74. The topological polar surface area (TPSA) is 41.9 Å². The summed E-state index contributed by atoms with van der Waals surface area (Å²) < 4.78 is 5.40. The number of nitrogens with zero attached hydrogens (tertiary/aromatic N) is 2. The van der Waals surface area contributed by atoms with Crippen molar-refractivity contribution in [3.8, 4) is 0 Å². The van der Waals surface area contributed by atoms with Gasteiger partial charge < -0.3 is 4.74 Å². The zero-order valence-electron chi connectivity index (χ0n) is 11.6. The van der Waals surface area contributed by atoms with E-state index < -0.39 is 5.60 Å². The lowest BCUT2D eigenvalue weighted by molar-refractivity contribution is 0.0584. The molecule has 20 heavy (non-hydrogen) atoms. The minimum absolute atomic E-state index is 0.365. The van der Waals surface area contributed by atoms with Crippen LogP contribution in [-0.2, 0) is 11.2 Å². The van der Waals surface area contributed by atoms with Gasteiger partial charge in [0.1, 0.15) is 5.60 Å². The monoisotopic (exact) mass is 310 g/mol. The summed E-state index contributed by atoms with van der Waals surface area (Å²) in [5.41, 5.74) is 1.74. The van der Waals surface area contributed by atoms with Crippen LogP contribution in [0, 0.1) is 0 Å². The largest absolute Gasteiger partial charge is 0.443 e. The first-order valence-corrected chi connectivity index (χ1v) is 7.02. The molecule has 6 heteroatoms. The number of isothiocyanates is 1. The van der Waals surface area contributed by atoms with Crippen LogP contribution in [0.3, 0.4) is 0 Å². The first-order valence-electron chi connectivity index (χ1n) is 6.23. The Labute approximate surface area is 128 Å². The van der Waals surface area contributed by atoms with E-state index in [1.165, 1.54) is 0 Å². The fraction of sp³-hybridized carbons (Fsp3) is 0.429. The van der Waals surface area contributed by atoms with Crippen molar-refractivity contribution in [2.24, 2.45) is 4.99 Å². The van der Waals surface area contributed by atoms with Crippen molar-refractivity contribution in [1.82, 2.24) is 0 Å². The molecule has 1 aliphatic heterocycles. The van der Waals surface area contributed by atoms with Crippen LogP contribution >= 0.6 is 23.8 Å². The van der Waals surface area contributed by atoms with Crippen LogP contribution in [-0.4, -0.2) is 23.4 Å². The number of benzene rings is 1. The molecule has 106 valence electrons. The van der Waals surface area contributed by atoms with Crippen molar-refractivity contribution in [2.45, 2.75) is 32.8 Å². The second-order valence-electron chi connectivity index (χ2n) is 5.48. The number of carbonyl (C=O) groups excluding carboxylic acids is 1. The minimum atomic E-state index is -0.526. The van der Waals surface area contributed by atoms with Crippen LogP contribution in [0.1, 0.15) is 26.3 Å². The van der Waals surface area contributed by atoms with Gasteiger partial charge >= 0.3 is 6.09 Å². The third-order valence-corrected chi connectivity index (χ3v) is 3.25. The van der Waals surface area contributed by atoms with Gasteiger partial charge in [0.05, 0.1) is 21.6 Å². The van der Waals surface area contributed by atoms with E-state index in [9.17, 15) is 4.79 Å². The lowest BCUT2D eigenvalue weighted by Crippen LogP contribution is -2.35. The van der Waals surface area contributed by atoms with Crippen LogP contribution < -0.4 is 4.90 Å². The van der Waals surface area contributed by atoms with E-state index in [1.807, 2.05) is 20.8 Å². The SMILES string of the molecule is CC(C)(C)OC(=O)N1CCc2c1ccc(Cl)c2N=C=S. The Morgan fingerprint density at radius 3 is 2.80 bits per heavy atom. The second-order valence-corrected chi connectivity index (χ2v) is 6.07. The highest BCUT2D eigenvalue weighted by atomic mass is 35.5. The molecule has 0 saturated carbocycles. The fourth-order valence-corrected chi connectivity index (χ4v) is 2.42. The lowest BCUT2D eigenvalue weighted by Gasteiger charge is -2.24. The summed E-state index contributed by atoms with van der Waals surface area (Å²) in [4.78, 5) is 17.8. The number of fused-ring (bicyclic) bond motifs is 1. The summed E-state index contributed by atoms with van der Waals surface area (Å²) >= 11 is 10.7. The van der Waals surface area contributed by atoms with Crippen LogP contribution in [0.4, 0.5) is 16.2 Å². The number of aliphatic imine (C=N–C) groups is 1. The van der Waals surface area contributed by atoms with Gasteiger partial charge in [0.2, 0.25) is 0 Å². The zero-order valence-corrected chi connectivity index (χ0v) is 13.1. The van der Waals surface area contributed by atoms with E-state index >= 15 is 0 Å². The summed E-state index contributed by atoms with van der Waals surface area (Å²) in [5.74, 6) is 0. The number of halogens is 1. The molecule has 0 unspecified atom stereocenters. The molecule has 0 N–H and O–H groups in total. The molecule has 0 atom stereocenters. The first-order chi connectivity index (χ1) is 9.33. The molecule has 1 aliphatic rings. The van der Waals surface area contributed by atoms with Gasteiger partial charge in [-0.15, -0.1) is 0 Å². The van der Waals surface area contributed by atoms with Crippen molar-refractivity contribution >= 4 is 46.4 Å². The maximum Gasteiger partial charge on any atom is 0.414 e. The van der Waals surface area contributed by atoms with E-state index in [2.05, 4.69) is 22.4 Å². The number of carbonyl (C=O) groups is 1. The first kappa shape index (κ1) is 15.0. The average molecular weight is 311 g/mol. The summed E-state index contributed by atoms with van der Waals surface area (Å²) in [6.07, 6.45) is 0.307. The van der Waals surface area contributed by atoms with Gasteiger partial charge in [-0.05, 0) is 51.5 Å². The maximum atomic E-state index is 12.2. The maximum absolute atomic E-state index is 12.2. The number of rotatable bonds is 1. The third kappa shape index (κ3) is 3.01. The van der Waals surface area contributed by atoms with Crippen LogP contribution in [0.15, 0.2) is 17.1 Å². The Morgan fingerprint density at radius 1 is 1.50 bits per heavy atom. The highest BCUT2D eigenvalue weighted by Gasteiger charge is 2.30. The lowest BCUT2D eigenvalue weighted by atomic mass is 10.1. The molecule has 0 aliphatic carbocycles. The van der Waals surface area contributed by atoms with Crippen molar-refractivity contribution in [2.75, 3.05) is 11.4 Å². The highest BCUT2D eigenvalue weighted by Crippen LogP contribution is 2.40. The number of hydrogen-bond donors (Lipinski definition) is 0. The Morgan fingerprint density at radius 2 is 2.20 bits per heavy atom. The van der Waals surface area contributed by atoms with Gasteiger partial charge in [-0.1, -0.05) is 11.6 Å². The molecule has 4 nitrogen and oxygen atoms in total. The molecule has 1 aromatic rings. The van der Waals surface area contributed by atoms with E-state index in [0.717, 1.165) is 11.3 Å². The van der Waals surface area contributed by atoms with Gasteiger partial charge in [-0.25, -0.2) is 4.79 Å². The third-order valence-electron chi connectivity index (χ3n) is 2.86. The summed E-state index contributed by atoms with van der Waals surface area (Å²) in [6.45, 7) is 6.06. The zero-order chi connectivity index (χ0) is 14.9. The molecule has 0 radical (unpaired) electrons. The molecule has 1 aromatic carbocycles. The predicted molar refractivity (Wildman–Crippen MR) is 83.4 cm³/mol. The predicted octanol–water partition coefficient (Wildman–Crippen LogP) is 4.37.